The third-order valence-electron chi connectivity index (χ3n) is 2.84. The average Bonchev–Trinajstić information content (AvgIpc) is 2.21. The van der Waals surface area contributed by atoms with Crippen LogP contribution < -0.4 is 0 Å². The van der Waals surface area contributed by atoms with Crippen molar-refractivity contribution in [1.29, 1.82) is 0 Å². The Morgan fingerprint density at radius 1 is 1.11 bits per heavy atom. The SMILES string of the molecule is CC(C)N(CCN(C)S(C)(=O)=O)CC(=O)N(C)C. The van der Waals surface area contributed by atoms with E-state index in [4.69, 9.17) is 0 Å². The summed E-state index contributed by atoms with van der Waals surface area (Å²) in [7, 11) is 1.81. The molecule has 108 valence electrons. The Kier molecular flexibility index (Phi) is 6.80. The highest BCUT2D eigenvalue weighted by molar-refractivity contribution is 7.88. The van der Waals surface area contributed by atoms with Crippen molar-refractivity contribution in [2.24, 2.45) is 0 Å². The number of amides is 1. The number of hydrogen-bond acceptors (Lipinski definition) is 4. The fraction of sp³-hybridized carbons (Fsp3) is 0.909. The Hall–Kier alpha value is -0.660. The lowest BCUT2D eigenvalue weighted by Gasteiger charge is -2.28. The normalized spacial score (nSPS) is 12.5. The molecule has 0 aromatic rings. The van der Waals surface area contributed by atoms with E-state index in [1.54, 1.807) is 21.1 Å². The van der Waals surface area contributed by atoms with Gasteiger partial charge in [0, 0.05) is 40.3 Å². The Morgan fingerprint density at radius 2 is 1.61 bits per heavy atom. The van der Waals surface area contributed by atoms with Gasteiger partial charge in [-0.15, -0.1) is 0 Å². The summed E-state index contributed by atoms with van der Waals surface area (Å²) in [6, 6.07) is 0.196. The molecule has 0 N–H and O–H groups in total. The third-order valence-corrected chi connectivity index (χ3v) is 4.15. The van der Waals surface area contributed by atoms with Crippen LogP contribution in [0.2, 0.25) is 0 Å². The summed E-state index contributed by atoms with van der Waals surface area (Å²) >= 11 is 0. The van der Waals surface area contributed by atoms with Crippen LogP contribution in [0.5, 0.6) is 0 Å². The van der Waals surface area contributed by atoms with Gasteiger partial charge < -0.3 is 4.90 Å². The van der Waals surface area contributed by atoms with Crippen molar-refractivity contribution >= 4 is 15.9 Å². The van der Waals surface area contributed by atoms with Crippen LogP contribution in [0.4, 0.5) is 0 Å². The third kappa shape index (κ3) is 6.32. The maximum atomic E-state index is 11.7. The molecule has 7 heteroatoms. The van der Waals surface area contributed by atoms with E-state index in [9.17, 15) is 13.2 Å². The van der Waals surface area contributed by atoms with Crippen molar-refractivity contribution < 1.29 is 13.2 Å². The molecule has 0 atom stereocenters. The molecular weight excluding hydrogens is 254 g/mol. The lowest BCUT2D eigenvalue weighted by atomic mass is 10.3. The quantitative estimate of drug-likeness (QED) is 0.640. The minimum atomic E-state index is -3.16. The molecular formula is C11H25N3O3S. The number of hydrogen-bond donors (Lipinski definition) is 0. The van der Waals surface area contributed by atoms with Crippen molar-refractivity contribution in [3.05, 3.63) is 0 Å². The average molecular weight is 279 g/mol. The molecule has 0 aliphatic rings. The standard InChI is InChI=1S/C11H25N3O3S/c1-10(2)14(9-11(15)12(3)4)8-7-13(5)18(6,16)17/h10H,7-9H2,1-6H3. The van der Waals surface area contributed by atoms with E-state index in [0.717, 1.165) is 0 Å². The molecule has 0 aliphatic carbocycles. The lowest BCUT2D eigenvalue weighted by Crippen LogP contribution is -2.44. The van der Waals surface area contributed by atoms with Gasteiger partial charge in [0.05, 0.1) is 12.8 Å². The zero-order chi connectivity index (χ0) is 14.5. The first-order valence-corrected chi connectivity index (χ1v) is 7.76. The maximum absolute atomic E-state index is 11.7. The Bertz CT molecular complexity index is 366. The van der Waals surface area contributed by atoms with Crippen LogP contribution in [0.25, 0.3) is 0 Å². The summed E-state index contributed by atoms with van der Waals surface area (Å²) in [5.74, 6) is 0.0192. The monoisotopic (exact) mass is 279 g/mol. The van der Waals surface area contributed by atoms with E-state index < -0.39 is 10.0 Å². The molecule has 0 bridgehead atoms. The van der Waals surface area contributed by atoms with Crippen LogP contribution in [0.15, 0.2) is 0 Å². The van der Waals surface area contributed by atoms with E-state index in [-0.39, 0.29) is 11.9 Å². The summed E-state index contributed by atoms with van der Waals surface area (Å²) in [5, 5.41) is 0. The fourth-order valence-electron chi connectivity index (χ4n) is 1.27. The van der Waals surface area contributed by atoms with Crippen molar-refractivity contribution in [3.8, 4) is 0 Å². The minimum absolute atomic E-state index is 0.0192. The highest BCUT2D eigenvalue weighted by atomic mass is 32.2. The lowest BCUT2D eigenvalue weighted by molar-refractivity contribution is -0.130. The predicted octanol–water partition coefficient (Wildman–Crippen LogP) is -0.324. The van der Waals surface area contributed by atoms with Crippen LogP contribution in [0, 0.1) is 0 Å². The van der Waals surface area contributed by atoms with Crippen molar-refractivity contribution in [2.45, 2.75) is 19.9 Å². The number of sulfonamides is 1. The first-order chi connectivity index (χ1) is 8.05. The highest BCUT2D eigenvalue weighted by Gasteiger charge is 2.18. The molecule has 18 heavy (non-hydrogen) atoms. The van der Waals surface area contributed by atoms with Crippen LogP contribution >= 0.6 is 0 Å². The van der Waals surface area contributed by atoms with Crippen molar-refractivity contribution in [2.75, 3.05) is 47.0 Å². The molecule has 0 saturated carbocycles. The molecule has 0 unspecified atom stereocenters. The number of carbonyl (C=O) groups is 1. The van der Waals surface area contributed by atoms with Gasteiger partial charge in [-0.1, -0.05) is 0 Å². The van der Waals surface area contributed by atoms with Crippen LogP contribution in [-0.2, 0) is 14.8 Å². The first-order valence-electron chi connectivity index (χ1n) is 5.91. The molecule has 0 aromatic carbocycles. The fourth-order valence-corrected chi connectivity index (χ4v) is 1.68. The van der Waals surface area contributed by atoms with Gasteiger partial charge in [-0.2, -0.15) is 0 Å². The summed E-state index contributed by atoms with van der Waals surface area (Å²) < 4.78 is 23.8. The molecule has 0 aromatic heterocycles. The van der Waals surface area contributed by atoms with Gasteiger partial charge in [0.2, 0.25) is 15.9 Å². The molecule has 0 heterocycles. The minimum Gasteiger partial charge on any atom is -0.348 e. The number of rotatable bonds is 7. The second-order valence-corrected chi connectivity index (χ2v) is 7.03. The second kappa shape index (κ2) is 7.06. The van der Waals surface area contributed by atoms with Gasteiger partial charge in [0.15, 0.2) is 0 Å². The zero-order valence-corrected chi connectivity index (χ0v) is 13.0. The van der Waals surface area contributed by atoms with Crippen LogP contribution in [0.3, 0.4) is 0 Å². The molecule has 0 aliphatic heterocycles. The molecule has 0 spiro atoms. The topological polar surface area (TPSA) is 60.9 Å². The predicted molar refractivity (Wildman–Crippen MR) is 72.9 cm³/mol. The molecule has 6 nitrogen and oxygen atoms in total. The van der Waals surface area contributed by atoms with E-state index in [2.05, 4.69) is 0 Å². The molecule has 0 saturated heterocycles. The second-order valence-electron chi connectivity index (χ2n) is 4.94. The van der Waals surface area contributed by atoms with Crippen molar-refractivity contribution in [1.82, 2.24) is 14.1 Å². The smallest absolute Gasteiger partial charge is 0.236 e. The van der Waals surface area contributed by atoms with Gasteiger partial charge >= 0.3 is 0 Å². The first kappa shape index (κ1) is 17.3. The Balaban J connectivity index is 4.43. The zero-order valence-electron chi connectivity index (χ0n) is 12.2. The maximum Gasteiger partial charge on any atom is 0.236 e. The van der Waals surface area contributed by atoms with E-state index >= 15 is 0 Å². The summed E-state index contributed by atoms with van der Waals surface area (Å²) in [4.78, 5) is 15.2. The molecule has 1 amide bonds. The summed E-state index contributed by atoms with van der Waals surface area (Å²) in [6.07, 6.45) is 1.18. The summed E-state index contributed by atoms with van der Waals surface area (Å²) in [5.41, 5.74) is 0. The Morgan fingerprint density at radius 3 is 1.94 bits per heavy atom. The number of carbonyl (C=O) groups excluding carboxylic acids is 1. The van der Waals surface area contributed by atoms with Gasteiger partial charge in [-0.3, -0.25) is 9.69 Å². The number of likely N-dealkylation sites (N-methyl/N-ethyl adjacent to an activating group) is 2. The van der Waals surface area contributed by atoms with Gasteiger partial charge in [-0.05, 0) is 13.8 Å². The molecule has 0 rings (SSSR count). The van der Waals surface area contributed by atoms with Crippen LogP contribution in [-0.4, -0.2) is 81.5 Å². The molecule has 0 fully saturated rings. The van der Waals surface area contributed by atoms with Crippen molar-refractivity contribution in [3.63, 3.8) is 0 Å². The number of nitrogens with zero attached hydrogens (tertiary/aromatic N) is 3. The van der Waals surface area contributed by atoms with E-state index in [1.807, 2.05) is 18.7 Å². The van der Waals surface area contributed by atoms with E-state index in [0.29, 0.717) is 19.6 Å². The van der Waals surface area contributed by atoms with Gasteiger partial charge in [0.25, 0.3) is 0 Å². The largest absolute Gasteiger partial charge is 0.348 e. The van der Waals surface area contributed by atoms with Gasteiger partial charge in [-0.25, -0.2) is 12.7 Å². The highest BCUT2D eigenvalue weighted by Crippen LogP contribution is 2.01. The van der Waals surface area contributed by atoms with Gasteiger partial charge in [0.1, 0.15) is 0 Å². The Labute approximate surface area is 111 Å². The summed E-state index contributed by atoms with van der Waals surface area (Å²) in [6.45, 7) is 5.22. The molecule has 0 radical (unpaired) electrons. The van der Waals surface area contributed by atoms with Crippen LogP contribution in [0.1, 0.15) is 13.8 Å². The van der Waals surface area contributed by atoms with E-state index in [1.165, 1.54) is 15.5 Å².